The Kier molecular flexibility index (Phi) is 6.16. The van der Waals surface area contributed by atoms with Gasteiger partial charge in [-0.1, -0.05) is 36.8 Å². The van der Waals surface area contributed by atoms with E-state index >= 15 is 0 Å². The molecule has 1 aliphatic carbocycles. The first-order valence-corrected chi connectivity index (χ1v) is 9.57. The summed E-state index contributed by atoms with van der Waals surface area (Å²) in [5, 5.41) is 9.66. The van der Waals surface area contributed by atoms with E-state index in [1.54, 1.807) is 12.1 Å². The number of rotatable bonds is 9. The number of carboxylic acid groups (broad SMARTS) is 1. The highest BCUT2D eigenvalue weighted by Gasteiger charge is 2.23. The normalized spacial score (nSPS) is 13.3. The van der Waals surface area contributed by atoms with Gasteiger partial charge in [0.15, 0.2) is 6.61 Å². The molecule has 1 aromatic heterocycles. The minimum atomic E-state index is -1.09. The molecule has 0 unspecified atom stereocenters. The number of ether oxygens (including phenoxy) is 1. The highest BCUT2D eigenvalue weighted by atomic mass is 16.5. The highest BCUT2D eigenvalue weighted by Crippen LogP contribution is 2.36. The van der Waals surface area contributed by atoms with Crippen LogP contribution in [0.15, 0.2) is 42.0 Å². The Labute approximate surface area is 168 Å². The van der Waals surface area contributed by atoms with Crippen LogP contribution in [0.1, 0.15) is 31.0 Å². The summed E-state index contributed by atoms with van der Waals surface area (Å²) in [7, 11) is 0. The number of primary amides is 1. The van der Waals surface area contributed by atoms with Gasteiger partial charge >= 0.3 is 5.97 Å². The van der Waals surface area contributed by atoms with Crippen LogP contribution in [-0.2, 0) is 33.8 Å². The van der Waals surface area contributed by atoms with E-state index in [9.17, 15) is 14.4 Å². The monoisotopic (exact) mass is 396 g/mol. The first-order chi connectivity index (χ1) is 13.9. The van der Waals surface area contributed by atoms with E-state index in [0.717, 1.165) is 24.1 Å². The number of nitrogens with zero attached hydrogens (tertiary/aromatic N) is 1. The lowest BCUT2D eigenvalue weighted by molar-refractivity contribution is -0.139. The Balaban J connectivity index is 2.18. The quantitative estimate of drug-likeness (QED) is 0.633. The summed E-state index contributed by atoms with van der Waals surface area (Å²) in [6.07, 6.45) is 8.66. The van der Waals surface area contributed by atoms with Crippen LogP contribution in [0.25, 0.3) is 10.9 Å². The summed E-state index contributed by atoms with van der Waals surface area (Å²) >= 11 is 0. The second-order valence-corrected chi connectivity index (χ2v) is 6.95. The highest BCUT2D eigenvalue weighted by molar-refractivity contribution is 6.36. The topological polar surface area (TPSA) is 112 Å². The molecular weight excluding hydrogens is 372 g/mol. The van der Waals surface area contributed by atoms with E-state index < -0.39 is 24.3 Å². The molecule has 0 saturated heterocycles. The van der Waals surface area contributed by atoms with E-state index in [1.807, 2.05) is 19.1 Å². The Bertz CT molecular complexity index is 1030. The summed E-state index contributed by atoms with van der Waals surface area (Å²) in [6.45, 7) is 2.14. The third-order valence-corrected chi connectivity index (χ3v) is 5.03. The van der Waals surface area contributed by atoms with Gasteiger partial charge in [-0.25, -0.2) is 4.79 Å². The number of aliphatic carboxylic acids is 1. The number of amides is 1. The number of carboxylic acids is 1. The number of hydrogen-bond donors (Lipinski definition) is 2. The number of allylic oxidation sites excluding steroid dienone is 4. The lowest BCUT2D eigenvalue weighted by atomic mass is 10.0. The van der Waals surface area contributed by atoms with Crippen LogP contribution in [0.3, 0.4) is 0 Å². The van der Waals surface area contributed by atoms with Crippen LogP contribution in [-0.4, -0.2) is 33.9 Å². The van der Waals surface area contributed by atoms with Crippen LogP contribution in [0, 0.1) is 0 Å². The van der Waals surface area contributed by atoms with Crippen LogP contribution < -0.4 is 10.5 Å². The van der Waals surface area contributed by atoms with E-state index in [2.05, 4.69) is 16.7 Å². The number of fused-ring (bicyclic) bond motifs is 1. The fraction of sp³-hybridized carbons (Fsp3) is 0.318. The minimum Gasteiger partial charge on any atom is -0.481 e. The second kappa shape index (κ2) is 8.77. The van der Waals surface area contributed by atoms with E-state index in [4.69, 9.17) is 15.6 Å². The molecule has 7 nitrogen and oxygen atoms in total. The zero-order valence-electron chi connectivity index (χ0n) is 16.3. The van der Waals surface area contributed by atoms with Gasteiger partial charge in [-0.15, -0.1) is 0 Å². The molecule has 3 rings (SSSR count). The zero-order valence-corrected chi connectivity index (χ0v) is 16.3. The van der Waals surface area contributed by atoms with Crippen LogP contribution >= 0.6 is 0 Å². The Morgan fingerprint density at radius 3 is 2.69 bits per heavy atom. The molecule has 0 fully saturated rings. The van der Waals surface area contributed by atoms with Crippen molar-refractivity contribution in [1.82, 2.24) is 4.57 Å². The molecule has 0 spiro atoms. The van der Waals surface area contributed by atoms with Gasteiger partial charge in [-0.05, 0) is 37.0 Å². The Morgan fingerprint density at radius 1 is 1.28 bits per heavy atom. The van der Waals surface area contributed by atoms with Crippen LogP contribution in [0.4, 0.5) is 0 Å². The molecule has 3 N–H and O–H groups in total. The van der Waals surface area contributed by atoms with Crippen molar-refractivity contribution in [3.63, 3.8) is 0 Å². The van der Waals surface area contributed by atoms with Crippen LogP contribution in [0.5, 0.6) is 5.75 Å². The molecule has 0 atom stereocenters. The van der Waals surface area contributed by atoms with Crippen molar-refractivity contribution in [3.05, 3.63) is 53.3 Å². The smallest absolute Gasteiger partial charge is 0.341 e. The molecule has 2 aromatic rings. The number of benzene rings is 1. The standard InChI is InChI=1S/C22H24N2O5/c1-2-16-15(11-18(25)22(23)28)21-17(9-6-10-19(21)29-13-20(26)27)24(16)12-14-7-4-3-5-8-14/h3-4,6-7,9-10H,2,5,8,11-13H2,1H3,(H2,23,28)(H,26,27). The number of ketones is 1. The number of Topliss-reactive ketones (excluding diaryl/α,β-unsaturated/α-hetero) is 1. The maximum atomic E-state index is 12.2. The maximum Gasteiger partial charge on any atom is 0.341 e. The summed E-state index contributed by atoms with van der Waals surface area (Å²) in [6, 6.07) is 5.39. The Morgan fingerprint density at radius 2 is 2.07 bits per heavy atom. The summed E-state index contributed by atoms with van der Waals surface area (Å²) in [4.78, 5) is 34.6. The van der Waals surface area contributed by atoms with Gasteiger partial charge < -0.3 is 20.1 Å². The van der Waals surface area contributed by atoms with Crippen LogP contribution in [0.2, 0.25) is 0 Å². The minimum absolute atomic E-state index is 0.144. The molecule has 1 heterocycles. The summed E-state index contributed by atoms with van der Waals surface area (Å²) in [5.41, 5.74) is 8.86. The molecule has 0 saturated carbocycles. The van der Waals surface area contributed by atoms with Crippen molar-refractivity contribution in [1.29, 1.82) is 0 Å². The number of carbonyl (C=O) groups is 3. The molecule has 1 amide bonds. The predicted octanol–water partition coefficient (Wildman–Crippen LogP) is 2.54. The van der Waals surface area contributed by atoms with Gasteiger partial charge in [0.25, 0.3) is 5.91 Å². The van der Waals surface area contributed by atoms with Gasteiger partial charge in [0.05, 0.1) is 5.52 Å². The molecule has 1 aliphatic rings. The first kappa shape index (κ1) is 20.4. The van der Waals surface area contributed by atoms with Gasteiger partial charge in [0, 0.05) is 24.0 Å². The largest absolute Gasteiger partial charge is 0.481 e. The molecule has 0 radical (unpaired) electrons. The summed E-state index contributed by atoms with van der Waals surface area (Å²) < 4.78 is 7.62. The SMILES string of the molecule is CCc1c(CC(=O)C(N)=O)c2c(OCC(=O)O)cccc2n1CC1=CC=CCC1. The lowest BCUT2D eigenvalue weighted by Crippen LogP contribution is -2.25. The maximum absolute atomic E-state index is 12.2. The lowest BCUT2D eigenvalue weighted by Gasteiger charge is -2.15. The molecule has 29 heavy (non-hydrogen) atoms. The van der Waals surface area contributed by atoms with Crippen molar-refractivity contribution in [3.8, 4) is 5.75 Å². The van der Waals surface area contributed by atoms with Crippen molar-refractivity contribution in [2.24, 2.45) is 5.73 Å². The van der Waals surface area contributed by atoms with Crippen molar-refractivity contribution in [2.75, 3.05) is 6.61 Å². The number of nitrogens with two attached hydrogens (primary N) is 1. The zero-order chi connectivity index (χ0) is 21.0. The molecule has 1 aromatic carbocycles. The first-order valence-electron chi connectivity index (χ1n) is 9.57. The van der Waals surface area contributed by atoms with Gasteiger partial charge in [-0.3, -0.25) is 9.59 Å². The van der Waals surface area contributed by atoms with Gasteiger partial charge in [-0.2, -0.15) is 0 Å². The molecule has 0 bridgehead atoms. The average Bonchev–Trinajstić information content (AvgIpc) is 3.00. The van der Waals surface area contributed by atoms with E-state index in [1.165, 1.54) is 5.57 Å². The predicted molar refractivity (Wildman–Crippen MR) is 109 cm³/mol. The van der Waals surface area contributed by atoms with Gasteiger partial charge in [0.1, 0.15) is 5.75 Å². The second-order valence-electron chi connectivity index (χ2n) is 6.95. The molecule has 152 valence electrons. The van der Waals surface area contributed by atoms with E-state index in [-0.39, 0.29) is 6.42 Å². The molecular formula is C22H24N2O5. The molecule has 7 heteroatoms. The molecule has 0 aliphatic heterocycles. The van der Waals surface area contributed by atoms with Crippen molar-refractivity contribution >= 4 is 28.6 Å². The number of hydrogen-bond acceptors (Lipinski definition) is 4. The summed E-state index contributed by atoms with van der Waals surface area (Å²) in [5.74, 6) is -2.39. The van der Waals surface area contributed by atoms with Crippen molar-refractivity contribution < 1.29 is 24.2 Å². The number of aromatic nitrogens is 1. The Hall–Kier alpha value is -3.35. The average molecular weight is 396 g/mol. The fourth-order valence-electron chi connectivity index (χ4n) is 3.77. The third kappa shape index (κ3) is 4.39. The van der Waals surface area contributed by atoms with Gasteiger partial charge in [0.2, 0.25) is 5.78 Å². The van der Waals surface area contributed by atoms with E-state index in [0.29, 0.717) is 29.7 Å². The van der Waals surface area contributed by atoms with Crippen molar-refractivity contribution in [2.45, 2.75) is 39.2 Å². The number of carbonyl (C=O) groups excluding carboxylic acids is 2. The fourth-order valence-corrected chi connectivity index (χ4v) is 3.77. The third-order valence-electron chi connectivity index (χ3n) is 5.03.